The molecule has 3 heteroatoms. The van der Waals surface area contributed by atoms with Gasteiger partial charge in [-0.3, -0.25) is 4.90 Å². The van der Waals surface area contributed by atoms with Crippen LogP contribution < -0.4 is 5.32 Å². The van der Waals surface area contributed by atoms with E-state index >= 15 is 0 Å². The molecule has 0 amide bonds. The highest BCUT2D eigenvalue weighted by Crippen LogP contribution is 2.17. The molecular formula is C16H30N2O. The number of furan rings is 1. The van der Waals surface area contributed by atoms with Crippen molar-refractivity contribution in [2.75, 3.05) is 13.1 Å². The average molecular weight is 266 g/mol. The van der Waals surface area contributed by atoms with Crippen LogP contribution in [0.15, 0.2) is 10.5 Å². The first kappa shape index (κ1) is 16.3. The second-order valence-corrected chi connectivity index (χ2v) is 5.55. The molecule has 1 heterocycles. The summed E-state index contributed by atoms with van der Waals surface area (Å²) >= 11 is 0. The number of hydrogen-bond donors (Lipinski definition) is 1. The van der Waals surface area contributed by atoms with Crippen LogP contribution in [0.2, 0.25) is 0 Å². The molecule has 0 aliphatic rings. The van der Waals surface area contributed by atoms with Crippen LogP contribution in [0.5, 0.6) is 0 Å². The summed E-state index contributed by atoms with van der Waals surface area (Å²) in [7, 11) is 0. The summed E-state index contributed by atoms with van der Waals surface area (Å²) in [6.07, 6.45) is 2.52. The molecule has 0 aliphatic carbocycles. The van der Waals surface area contributed by atoms with Gasteiger partial charge in [-0.2, -0.15) is 0 Å². The van der Waals surface area contributed by atoms with E-state index in [1.165, 1.54) is 24.9 Å². The fourth-order valence-electron chi connectivity index (χ4n) is 2.11. The Kier molecular flexibility index (Phi) is 7.17. The lowest BCUT2D eigenvalue weighted by Crippen LogP contribution is -2.24. The second-order valence-electron chi connectivity index (χ2n) is 5.55. The minimum atomic E-state index is 0.491. The monoisotopic (exact) mass is 266 g/mol. The van der Waals surface area contributed by atoms with Gasteiger partial charge in [-0.15, -0.1) is 0 Å². The highest BCUT2D eigenvalue weighted by Gasteiger charge is 2.11. The van der Waals surface area contributed by atoms with E-state index in [0.29, 0.717) is 6.04 Å². The molecule has 0 atom stereocenters. The van der Waals surface area contributed by atoms with Crippen LogP contribution in [0.4, 0.5) is 0 Å². The maximum absolute atomic E-state index is 5.83. The molecule has 1 rings (SSSR count). The summed E-state index contributed by atoms with van der Waals surface area (Å²) in [5.74, 6) is 2.11. The van der Waals surface area contributed by atoms with E-state index in [1.54, 1.807) is 0 Å². The highest BCUT2D eigenvalue weighted by atomic mass is 16.3. The first-order valence-corrected chi connectivity index (χ1v) is 7.60. The van der Waals surface area contributed by atoms with Gasteiger partial charge in [0.2, 0.25) is 0 Å². The van der Waals surface area contributed by atoms with Gasteiger partial charge in [0.25, 0.3) is 0 Å². The van der Waals surface area contributed by atoms with Crippen LogP contribution >= 0.6 is 0 Å². The number of nitrogens with one attached hydrogen (secondary N) is 1. The van der Waals surface area contributed by atoms with E-state index in [-0.39, 0.29) is 0 Å². The van der Waals surface area contributed by atoms with E-state index in [9.17, 15) is 0 Å². The summed E-state index contributed by atoms with van der Waals surface area (Å²) < 4.78 is 5.83. The van der Waals surface area contributed by atoms with Gasteiger partial charge in [-0.05, 0) is 32.5 Å². The zero-order valence-electron chi connectivity index (χ0n) is 13.3. The van der Waals surface area contributed by atoms with Crippen molar-refractivity contribution in [3.05, 3.63) is 23.2 Å². The van der Waals surface area contributed by atoms with Crippen LogP contribution in [0.25, 0.3) is 0 Å². The quantitative estimate of drug-likeness (QED) is 0.738. The Hall–Kier alpha value is -0.800. The zero-order chi connectivity index (χ0) is 14.3. The van der Waals surface area contributed by atoms with Crippen molar-refractivity contribution in [1.29, 1.82) is 0 Å². The molecule has 0 aliphatic heterocycles. The van der Waals surface area contributed by atoms with E-state index in [1.807, 2.05) is 0 Å². The molecule has 0 bridgehead atoms. The summed E-state index contributed by atoms with van der Waals surface area (Å²) in [6.45, 7) is 15.0. The summed E-state index contributed by atoms with van der Waals surface area (Å²) in [6, 6.07) is 2.70. The van der Waals surface area contributed by atoms with Crippen molar-refractivity contribution in [3.63, 3.8) is 0 Å². The topological polar surface area (TPSA) is 28.4 Å². The standard InChI is InChI=1S/C16H30N2O/c1-6-8-9-18(7-2)12-15-10-16(19-14(15)5)11-17-13(3)4/h10,13,17H,6-9,11-12H2,1-5H3. The van der Waals surface area contributed by atoms with Gasteiger partial charge in [0.05, 0.1) is 6.54 Å². The SMILES string of the molecule is CCCCN(CC)Cc1cc(CNC(C)C)oc1C. The van der Waals surface area contributed by atoms with Crippen LogP contribution in [-0.4, -0.2) is 24.0 Å². The first-order chi connectivity index (χ1) is 9.06. The molecule has 19 heavy (non-hydrogen) atoms. The first-order valence-electron chi connectivity index (χ1n) is 7.60. The Labute approximate surface area is 118 Å². The summed E-state index contributed by atoms with van der Waals surface area (Å²) in [5.41, 5.74) is 1.33. The molecule has 0 unspecified atom stereocenters. The maximum atomic E-state index is 5.83. The Morgan fingerprint density at radius 3 is 2.63 bits per heavy atom. The van der Waals surface area contributed by atoms with Gasteiger partial charge in [0.15, 0.2) is 0 Å². The van der Waals surface area contributed by atoms with Gasteiger partial charge < -0.3 is 9.73 Å². The molecule has 0 saturated heterocycles. The van der Waals surface area contributed by atoms with Crippen LogP contribution in [-0.2, 0) is 13.1 Å². The number of aryl methyl sites for hydroxylation is 1. The van der Waals surface area contributed by atoms with E-state index < -0.39 is 0 Å². The molecule has 0 saturated carbocycles. The van der Waals surface area contributed by atoms with Crippen molar-refractivity contribution in [2.24, 2.45) is 0 Å². The second kappa shape index (κ2) is 8.39. The Bertz CT molecular complexity index is 358. The largest absolute Gasteiger partial charge is 0.465 e. The molecule has 1 N–H and O–H groups in total. The number of rotatable bonds is 9. The van der Waals surface area contributed by atoms with E-state index in [4.69, 9.17) is 4.42 Å². The van der Waals surface area contributed by atoms with Crippen LogP contribution in [0.1, 0.15) is 57.6 Å². The summed E-state index contributed by atoms with van der Waals surface area (Å²) in [4.78, 5) is 2.49. The Balaban J connectivity index is 2.57. The fourth-order valence-corrected chi connectivity index (χ4v) is 2.11. The van der Waals surface area contributed by atoms with Crippen LogP contribution in [0, 0.1) is 6.92 Å². The zero-order valence-corrected chi connectivity index (χ0v) is 13.3. The third kappa shape index (κ3) is 5.79. The molecule has 1 aromatic heterocycles. The smallest absolute Gasteiger partial charge is 0.118 e. The fraction of sp³-hybridized carbons (Fsp3) is 0.750. The van der Waals surface area contributed by atoms with Crippen LogP contribution in [0.3, 0.4) is 0 Å². The third-order valence-corrected chi connectivity index (χ3v) is 3.43. The number of unbranched alkanes of at least 4 members (excludes halogenated alkanes) is 1. The predicted molar refractivity (Wildman–Crippen MR) is 81.3 cm³/mol. The van der Waals surface area contributed by atoms with Crippen molar-refractivity contribution in [2.45, 2.75) is 66.6 Å². The van der Waals surface area contributed by atoms with Crippen molar-refractivity contribution >= 4 is 0 Å². The maximum Gasteiger partial charge on any atom is 0.118 e. The minimum Gasteiger partial charge on any atom is -0.465 e. The molecule has 1 aromatic rings. The Morgan fingerprint density at radius 2 is 2.05 bits per heavy atom. The molecule has 0 fully saturated rings. The molecule has 0 radical (unpaired) electrons. The molecule has 110 valence electrons. The number of hydrogen-bond acceptors (Lipinski definition) is 3. The van der Waals surface area contributed by atoms with Crippen molar-refractivity contribution < 1.29 is 4.42 Å². The van der Waals surface area contributed by atoms with E-state index in [0.717, 1.165) is 31.2 Å². The molecule has 0 spiro atoms. The average Bonchev–Trinajstić information content (AvgIpc) is 2.72. The number of nitrogens with zero attached hydrogens (tertiary/aromatic N) is 1. The molecular weight excluding hydrogens is 236 g/mol. The van der Waals surface area contributed by atoms with Crippen molar-refractivity contribution in [1.82, 2.24) is 10.2 Å². The lowest BCUT2D eigenvalue weighted by molar-refractivity contribution is 0.273. The minimum absolute atomic E-state index is 0.491. The van der Waals surface area contributed by atoms with Gasteiger partial charge in [0, 0.05) is 18.2 Å². The Morgan fingerprint density at radius 1 is 1.32 bits per heavy atom. The van der Waals surface area contributed by atoms with Gasteiger partial charge in [0.1, 0.15) is 11.5 Å². The van der Waals surface area contributed by atoms with Gasteiger partial charge in [-0.25, -0.2) is 0 Å². The lowest BCUT2D eigenvalue weighted by atomic mass is 10.2. The van der Waals surface area contributed by atoms with Crippen molar-refractivity contribution in [3.8, 4) is 0 Å². The van der Waals surface area contributed by atoms with E-state index in [2.05, 4.69) is 50.9 Å². The third-order valence-electron chi connectivity index (χ3n) is 3.43. The molecule has 3 nitrogen and oxygen atoms in total. The summed E-state index contributed by atoms with van der Waals surface area (Å²) in [5, 5.41) is 3.40. The van der Waals surface area contributed by atoms with Gasteiger partial charge >= 0.3 is 0 Å². The normalized spacial score (nSPS) is 11.7. The predicted octanol–water partition coefficient (Wildman–Crippen LogP) is 3.71. The highest BCUT2D eigenvalue weighted by molar-refractivity contribution is 5.20. The lowest BCUT2D eigenvalue weighted by Gasteiger charge is -2.19. The molecule has 0 aromatic carbocycles. The van der Waals surface area contributed by atoms with Gasteiger partial charge in [-0.1, -0.05) is 34.1 Å².